The highest BCUT2D eigenvalue weighted by Gasteiger charge is 2.30. The number of carbonyl (C=O) groups excluding carboxylic acids is 1. The fourth-order valence-electron chi connectivity index (χ4n) is 3.27. The lowest BCUT2D eigenvalue weighted by Gasteiger charge is -2.34. The lowest BCUT2D eigenvalue weighted by molar-refractivity contribution is 0.0507. The second-order valence-corrected chi connectivity index (χ2v) is 7.21. The zero-order valence-electron chi connectivity index (χ0n) is 14.6. The van der Waals surface area contributed by atoms with Gasteiger partial charge in [0, 0.05) is 20.2 Å². The molecule has 1 fully saturated rings. The number of carbonyl (C=O) groups is 1. The maximum atomic E-state index is 13.1. The number of anilines is 1. The van der Waals surface area contributed by atoms with Crippen LogP contribution in [0, 0.1) is 6.92 Å². The first-order valence-electron chi connectivity index (χ1n) is 8.56. The second kappa shape index (κ2) is 8.07. The van der Waals surface area contributed by atoms with Gasteiger partial charge >= 0.3 is 0 Å². The minimum Gasteiger partial charge on any atom is -0.394 e. The van der Waals surface area contributed by atoms with Crippen molar-refractivity contribution in [3.8, 4) is 0 Å². The predicted octanol–water partition coefficient (Wildman–Crippen LogP) is 2.05. The first-order valence-corrected chi connectivity index (χ1v) is 9.37. The van der Waals surface area contributed by atoms with Crippen LogP contribution in [0.4, 0.5) is 5.82 Å². The van der Waals surface area contributed by atoms with Crippen LogP contribution in [-0.2, 0) is 4.74 Å². The Bertz CT molecular complexity index is 749. The maximum absolute atomic E-state index is 13.1. The molecule has 0 aliphatic carbocycles. The summed E-state index contributed by atoms with van der Waals surface area (Å²) in [5.41, 5.74) is 0.896. The molecule has 1 aliphatic rings. The van der Waals surface area contributed by atoms with Crippen molar-refractivity contribution in [1.82, 2.24) is 14.9 Å². The zero-order chi connectivity index (χ0) is 17.8. The standard InChI is InChI=1S/C17H24N4O3S/c1-11-13-15(18-6-8-24-2)19-10-20-16(13)25-14(11)17(23)21-7-4-3-5-12(21)9-22/h10,12,22H,3-9H2,1-2H3,(H,18,19,20)/t12-/m1/s1. The Morgan fingerprint density at radius 3 is 3.08 bits per heavy atom. The van der Waals surface area contributed by atoms with Crippen molar-refractivity contribution in [3.63, 3.8) is 0 Å². The number of ether oxygens (including phenoxy) is 1. The molecule has 0 bridgehead atoms. The number of hydrogen-bond donors (Lipinski definition) is 2. The van der Waals surface area contributed by atoms with Gasteiger partial charge in [-0.1, -0.05) is 0 Å². The highest BCUT2D eigenvalue weighted by atomic mass is 32.1. The summed E-state index contributed by atoms with van der Waals surface area (Å²) in [6.07, 6.45) is 4.41. The number of aromatic nitrogens is 2. The number of aryl methyl sites for hydroxylation is 1. The van der Waals surface area contributed by atoms with E-state index in [1.807, 2.05) is 11.8 Å². The van der Waals surface area contributed by atoms with E-state index in [1.54, 1.807) is 7.11 Å². The Morgan fingerprint density at radius 2 is 2.32 bits per heavy atom. The molecule has 1 saturated heterocycles. The van der Waals surface area contributed by atoms with Gasteiger partial charge in [0.05, 0.1) is 29.5 Å². The van der Waals surface area contributed by atoms with Gasteiger partial charge in [-0.05, 0) is 31.7 Å². The molecule has 25 heavy (non-hydrogen) atoms. The molecule has 0 saturated carbocycles. The van der Waals surface area contributed by atoms with E-state index in [2.05, 4.69) is 15.3 Å². The van der Waals surface area contributed by atoms with Crippen LogP contribution in [0.1, 0.15) is 34.5 Å². The van der Waals surface area contributed by atoms with Crippen LogP contribution in [0.2, 0.25) is 0 Å². The van der Waals surface area contributed by atoms with Crippen molar-refractivity contribution in [2.45, 2.75) is 32.2 Å². The Kier molecular flexibility index (Phi) is 5.82. The largest absolute Gasteiger partial charge is 0.394 e. The average molecular weight is 364 g/mol. The summed E-state index contributed by atoms with van der Waals surface area (Å²) in [4.78, 5) is 25.0. The topological polar surface area (TPSA) is 87.6 Å². The molecule has 2 aromatic heterocycles. The maximum Gasteiger partial charge on any atom is 0.264 e. The SMILES string of the molecule is COCCNc1ncnc2sc(C(=O)N3CCCC[C@@H]3CO)c(C)c12. The van der Waals surface area contributed by atoms with Crippen molar-refractivity contribution in [3.05, 3.63) is 16.8 Å². The zero-order valence-corrected chi connectivity index (χ0v) is 15.4. The molecule has 2 N–H and O–H groups in total. The van der Waals surface area contributed by atoms with E-state index in [0.29, 0.717) is 24.6 Å². The van der Waals surface area contributed by atoms with E-state index in [9.17, 15) is 9.90 Å². The minimum atomic E-state index is -0.0868. The van der Waals surface area contributed by atoms with Crippen molar-refractivity contribution >= 4 is 33.3 Å². The molecule has 0 aromatic carbocycles. The van der Waals surface area contributed by atoms with Gasteiger partial charge in [-0.25, -0.2) is 9.97 Å². The summed E-state index contributed by atoms with van der Waals surface area (Å²) in [7, 11) is 1.65. The van der Waals surface area contributed by atoms with Crippen LogP contribution >= 0.6 is 11.3 Å². The molecular formula is C17H24N4O3S. The van der Waals surface area contributed by atoms with Gasteiger partial charge in [0.2, 0.25) is 0 Å². The van der Waals surface area contributed by atoms with E-state index in [1.165, 1.54) is 17.7 Å². The number of fused-ring (bicyclic) bond motifs is 1. The van der Waals surface area contributed by atoms with Gasteiger partial charge in [-0.2, -0.15) is 0 Å². The molecular weight excluding hydrogens is 340 g/mol. The Labute approximate surface area is 151 Å². The molecule has 1 aliphatic heterocycles. The van der Waals surface area contributed by atoms with Gasteiger partial charge in [0.1, 0.15) is 17.0 Å². The summed E-state index contributed by atoms with van der Waals surface area (Å²) >= 11 is 1.40. The molecule has 2 aromatic rings. The van der Waals surface area contributed by atoms with E-state index in [4.69, 9.17) is 4.74 Å². The van der Waals surface area contributed by atoms with Gasteiger partial charge in [-0.3, -0.25) is 4.79 Å². The number of amides is 1. The molecule has 7 nitrogen and oxygen atoms in total. The van der Waals surface area contributed by atoms with Gasteiger partial charge in [0.15, 0.2) is 0 Å². The Balaban J connectivity index is 1.93. The number of nitrogens with zero attached hydrogens (tertiary/aromatic N) is 3. The smallest absolute Gasteiger partial charge is 0.264 e. The van der Waals surface area contributed by atoms with Crippen LogP contribution in [0.3, 0.4) is 0 Å². The number of aliphatic hydroxyl groups excluding tert-OH is 1. The molecule has 0 spiro atoms. The van der Waals surface area contributed by atoms with Gasteiger partial charge < -0.3 is 20.1 Å². The van der Waals surface area contributed by atoms with E-state index in [0.717, 1.165) is 40.9 Å². The molecule has 1 amide bonds. The number of rotatable bonds is 6. The van der Waals surface area contributed by atoms with Crippen molar-refractivity contribution in [1.29, 1.82) is 0 Å². The number of aliphatic hydroxyl groups is 1. The number of methoxy groups -OCH3 is 1. The summed E-state index contributed by atoms with van der Waals surface area (Å²) < 4.78 is 5.07. The highest BCUT2D eigenvalue weighted by molar-refractivity contribution is 7.20. The lowest BCUT2D eigenvalue weighted by atomic mass is 10.0. The van der Waals surface area contributed by atoms with Crippen LogP contribution in [-0.4, -0.2) is 65.3 Å². The summed E-state index contributed by atoms with van der Waals surface area (Å²) in [5.74, 6) is 0.717. The number of likely N-dealkylation sites (tertiary alicyclic amines) is 1. The number of nitrogens with one attached hydrogen (secondary N) is 1. The Hall–Kier alpha value is -1.77. The van der Waals surface area contributed by atoms with Crippen LogP contribution in [0.15, 0.2) is 6.33 Å². The third kappa shape index (κ3) is 3.61. The fourth-order valence-corrected chi connectivity index (χ4v) is 4.37. The average Bonchev–Trinajstić information content (AvgIpc) is 2.99. The van der Waals surface area contributed by atoms with Crippen molar-refractivity contribution in [2.24, 2.45) is 0 Å². The van der Waals surface area contributed by atoms with Crippen LogP contribution in [0.5, 0.6) is 0 Å². The summed E-state index contributed by atoms with van der Waals surface area (Å²) in [6, 6.07) is -0.0868. The first-order chi connectivity index (χ1) is 12.2. The number of hydrogen-bond acceptors (Lipinski definition) is 7. The molecule has 3 heterocycles. The van der Waals surface area contributed by atoms with E-state index >= 15 is 0 Å². The fraction of sp³-hybridized carbons (Fsp3) is 0.588. The Morgan fingerprint density at radius 1 is 1.48 bits per heavy atom. The molecule has 8 heteroatoms. The highest BCUT2D eigenvalue weighted by Crippen LogP contribution is 2.34. The molecule has 0 unspecified atom stereocenters. The van der Waals surface area contributed by atoms with Crippen LogP contribution < -0.4 is 5.32 Å². The molecule has 1 atom stereocenters. The minimum absolute atomic E-state index is 0.0120. The van der Waals surface area contributed by atoms with E-state index < -0.39 is 0 Å². The number of piperidine rings is 1. The monoisotopic (exact) mass is 364 g/mol. The predicted molar refractivity (Wildman–Crippen MR) is 98.3 cm³/mol. The molecule has 3 rings (SSSR count). The van der Waals surface area contributed by atoms with Crippen LogP contribution in [0.25, 0.3) is 10.2 Å². The summed E-state index contributed by atoms with van der Waals surface area (Å²) in [6.45, 7) is 3.86. The quantitative estimate of drug-likeness (QED) is 0.763. The van der Waals surface area contributed by atoms with Crippen molar-refractivity contribution < 1.29 is 14.6 Å². The van der Waals surface area contributed by atoms with E-state index in [-0.39, 0.29) is 18.6 Å². The third-order valence-electron chi connectivity index (χ3n) is 4.62. The molecule has 0 radical (unpaired) electrons. The van der Waals surface area contributed by atoms with Crippen molar-refractivity contribution in [2.75, 3.05) is 38.7 Å². The lowest BCUT2D eigenvalue weighted by Crippen LogP contribution is -2.45. The van der Waals surface area contributed by atoms with Gasteiger partial charge in [-0.15, -0.1) is 11.3 Å². The third-order valence-corrected chi connectivity index (χ3v) is 5.81. The summed E-state index contributed by atoms with van der Waals surface area (Å²) in [5, 5.41) is 13.7. The number of thiophene rings is 1. The second-order valence-electron chi connectivity index (χ2n) is 6.21. The first kappa shape index (κ1) is 18.0. The molecule has 136 valence electrons. The van der Waals surface area contributed by atoms with Gasteiger partial charge in [0.25, 0.3) is 5.91 Å². The normalized spacial score (nSPS) is 17.9.